The number of carboxylic acid groups (broad SMARTS) is 1. The van der Waals surface area contributed by atoms with Gasteiger partial charge in [0.25, 0.3) is 0 Å². The lowest BCUT2D eigenvalue weighted by molar-refractivity contribution is -0.144. The molecule has 1 atom stereocenters. The van der Waals surface area contributed by atoms with Gasteiger partial charge in [-0.25, -0.2) is 0 Å². The molecule has 2 saturated carbocycles. The van der Waals surface area contributed by atoms with Crippen LogP contribution in [-0.2, 0) is 4.79 Å². The number of aliphatic carboxylic acids is 1. The largest absolute Gasteiger partial charge is 0.480 e. The molecule has 16 heavy (non-hydrogen) atoms. The van der Waals surface area contributed by atoms with Crippen LogP contribution in [0.4, 0.5) is 0 Å². The second-order valence-corrected chi connectivity index (χ2v) is 6.31. The second-order valence-electron chi connectivity index (χ2n) is 5.02. The number of carboxylic acids is 1. The smallest absolute Gasteiger partial charge is 0.325 e. The quantitative estimate of drug-likeness (QED) is 0.750. The highest BCUT2D eigenvalue weighted by atomic mass is 32.2. The summed E-state index contributed by atoms with van der Waals surface area (Å²) in [5.41, 5.74) is -0.659. The molecule has 0 aromatic rings. The number of nitrogens with one attached hydrogen (secondary N) is 1. The number of hydrogen-bond donors (Lipinski definition) is 2. The zero-order chi connectivity index (χ0) is 11.6. The van der Waals surface area contributed by atoms with Crippen LogP contribution >= 0.6 is 11.8 Å². The van der Waals surface area contributed by atoms with E-state index in [1.807, 2.05) is 11.8 Å². The summed E-state index contributed by atoms with van der Waals surface area (Å²) in [5.74, 6) is 0.417. The van der Waals surface area contributed by atoms with Gasteiger partial charge in [-0.15, -0.1) is 0 Å². The molecule has 0 aromatic heterocycles. The molecule has 0 bridgehead atoms. The summed E-state index contributed by atoms with van der Waals surface area (Å²) in [6, 6.07) is 0. The van der Waals surface area contributed by atoms with Crippen LogP contribution in [0.25, 0.3) is 0 Å². The molecule has 2 rings (SSSR count). The van der Waals surface area contributed by atoms with Crippen LogP contribution in [0.15, 0.2) is 0 Å². The molecule has 0 aliphatic heterocycles. The highest BCUT2D eigenvalue weighted by Gasteiger charge is 2.50. The Morgan fingerprint density at radius 3 is 2.44 bits per heavy atom. The van der Waals surface area contributed by atoms with Crippen molar-refractivity contribution in [1.82, 2.24) is 5.32 Å². The van der Waals surface area contributed by atoms with Crippen LogP contribution < -0.4 is 5.32 Å². The molecule has 92 valence electrons. The van der Waals surface area contributed by atoms with Gasteiger partial charge in [0.15, 0.2) is 0 Å². The predicted octanol–water partition coefficient (Wildman–Crippen LogP) is 2.11. The lowest BCUT2D eigenvalue weighted by atomic mass is 9.96. The van der Waals surface area contributed by atoms with E-state index in [1.165, 1.54) is 25.7 Å². The van der Waals surface area contributed by atoms with Crippen molar-refractivity contribution in [3.05, 3.63) is 0 Å². The molecular formula is C12H21NO2S. The van der Waals surface area contributed by atoms with Gasteiger partial charge < -0.3 is 10.4 Å². The monoisotopic (exact) mass is 243 g/mol. The number of carbonyl (C=O) groups is 1. The topological polar surface area (TPSA) is 49.3 Å². The van der Waals surface area contributed by atoms with E-state index in [1.54, 1.807) is 7.05 Å². The molecule has 2 aliphatic rings. The van der Waals surface area contributed by atoms with Crippen molar-refractivity contribution in [3.63, 3.8) is 0 Å². The molecule has 1 unspecified atom stereocenters. The van der Waals surface area contributed by atoms with E-state index in [-0.39, 0.29) is 0 Å². The van der Waals surface area contributed by atoms with E-state index in [2.05, 4.69) is 5.32 Å². The summed E-state index contributed by atoms with van der Waals surface area (Å²) in [5, 5.41) is 13.2. The first-order valence-corrected chi connectivity index (χ1v) is 7.28. The third kappa shape index (κ3) is 2.38. The zero-order valence-electron chi connectivity index (χ0n) is 9.87. The highest BCUT2D eigenvalue weighted by molar-refractivity contribution is 8.00. The molecule has 0 saturated heterocycles. The van der Waals surface area contributed by atoms with E-state index in [9.17, 15) is 9.90 Å². The fourth-order valence-corrected chi connectivity index (χ4v) is 4.29. The Morgan fingerprint density at radius 2 is 2.00 bits per heavy atom. The van der Waals surface area contributed by atoms with E-state index >= 15 is 0 Å². The van der Waals surface area contributed by atoms with Gasteiger partial charge in [0.2, 0.25) is 0 Å². The summed E-state index contributed by atoms with van der Waals surface area (Å²) in [6.07, 6.45) is 7.32. The van der Waals surface area contributed by atoms with Crippen LogP contribution in [0.3, 0.4) is 0 Å². The SMILES string of the molecule is CNC(CSC1CCCC1)(C(=O)O)C1CC1. The maximum atomic E-state index is 11.5. The molecule has 0 spiro atoms. The molecule has 4 heteroatoms. The van der Waals surface area contributed by atoms with Crippen LogP contribution in [0.5, 0.6) is 0 Å². The van der Waals surface area contributed by atoms with Crippen molar-refractivity contribution in [2.24, 2.45) is 5.92 Å². The Kier molecular flexibility index (Phi) is 3.80. The maximum Gasteiger partial charge on any atom is 0.325 e. The van der Waals surface area contributed by atoms with Gasteiger partial charge in [0, 0.05) is 11.0 Å². The first kappa shape index (κ1) is 12.2. The molecule has 0 heterocycles. The zero-order valence-corrected chi connectivity index (χ0v) is 10.7. The second kappa shape index (κ2) is 4.96. The van der Waals surface area contributed by atoms with E-state index < -0.39 is 11.5 Å². The Bertz CT molecular complexity index is 262. The van der Waals surface area contributed by atoms with Gasteiger partial charge in [-0.1, -0.05) is 12.8 Å². The summed E-state index contributed by atoms with van der Waals surface area (Å²) in [6.45, 7) is 0. The molecule has 0 amide bonds. The standard InChI is InChI=1S/C12H21NO2S/c1-13-12(11(14)15,9-6-7-9)8-16-10-4-2-3-5-10/h9-10,13H,2-8H2,1H3,(H,14,15). The fraction of sp³-hybridized carbons (Fsp3) is 0.917. The Morgan fingerprint density at radius 1 is 1.38 bits per heavy atom. The first-order chi connectivity index (χ1) is 7.69. The molecule has 2 fully saturated rings. The average Bonchev–Trinajstić information content (AvgIpc) is 2.97. The third-order valence-corrected chi connectivity index (χ3v) is 5.52. The Balaban J connectivity index is 1.93. The number of hydrogen-bond acceptors (Lipinski definition) is 3. The van der Waals surface area contributed by atoms with E-state index in [0.717, 1.165) is 18.6 Å². The molecule has 0 aromatic carbocycles. The number of likely N-dealkylation sites (N-methyl/N-ethyl adjacent to an activating group) is 1. The molecular weight excluding hydrogens is 222 g/mol. The number of rotatable bonds is 6. The van der Waals surface area contributed by atoms with E-state index in [0.29, 0.717) is 11.2 Å². The van der Waals surface area contributed by atoms with Crippen molar-refractivity contribution in [1.29, 1.82) is 0 Å². The molecule has 3 nitrogen and oxygen atoms in total. The van der Waals surface area contributed by atoms with Gasteiger partial charge in [0.1, 0.15) is 5.54 Å². The van der Waals surface area contributed by atoms with Crippen molar-refractivity contribution in [2.75, 3.05) is 12.8 Å². The third-order valence-electron chi connectivity index (χ3n) is 3.95. The summed E-state index contributed by atoms with van der Waals surface area (Å²) in [7, 11) is 1.79. The minimum atomic E-state index is -0.664. The Labute approximate surface area is 101 Å². The van der Waals surface area contributed by atoms with Crippen LogP contribution in [0.1, 0.15) is 38.5 Å². The minimum Gasteiger partial charge on any atom is -0.480 e. The molecule has 2 aliphatic carbocycles. The van der Waals surface area contributed by atoms with Crippen molar-refractivity contribution in [2.45, 2.75) is 49.3 Å². The highest BCUT2D eigenvalue weighted by Crippen LogP contribution is 2.43. The summed E-state index contributed by atoms with van der Waals surface area (Å²) in [4.78, 5) is 11.5. The minimum absolute atomic E-state index is 0.351. The van der Waals surface area contributed by atoms with Crippen molar-refractivity contribution in [3.8, 4) is 0 Å². The van der Waals surface area contributed by atoms with Crippen molar-refractivity contribution >= 4 is 17.7 Å². The van der Waals surface area contributed by atoms with Gasteiger partial charge in [0.05, 0.1) is 0 Å². The fourth-order valence-electron chi connectivity index (χ4n) is 2.62. The van der Waals surface area contributed by atoms with Gasteiger partial charge in [-0.2, -0.15) is 11.8 Å². The lowest BCUT2D eigenvalue weighted by Crippen LogP contribution is -2.54. The molecule has 0 radical (unpaired) electrons. The number of thioether (sulfide) groups is 1. The van der Waals surface area contributed by atoms with Crippen LogP contribution in [0, 0.1) is 5.92 Å². The first-order valence-electron chi connectivity index (χ1n) is 6.23. The average molecular weight is 243 g/mol. The van der Waals surface area contributed by atoms with Crippen molar-refractivity contribution < 1.29 is 9.90 Å². The Hall–Kier alpha value is -0.220. The van der Waals surface area contributed by atoms with Gasteiger partial charge >= 0.3 is 5.97 Å². The lowest BCUT2D eigenvalue weighted by Gasteiger charge is -2.29. The maximum absolute atomic E-state index is 11.5. The van der Waals surface area contributed by atoms with E-state index in [4.69, 9.17) is 0 Å². The summed E-state index contributed by atoms with van der Waals surface area (Å²) >= 11 is 1.87. The van der Waals surface area contributed by atoms with Gasteiger partial charge in [-0.3, -0.25) is 4.79 Å². The van der Waals surface area contributed by atoms with Crippen LogP contribution in [0.2, 0.25) is 0 Å². The van der Waals surface area contributed by atoms with Gasteiger partial charge in [-0.05, 0) is 38.6 Å². The predicted molar refractivity (Wildman–Crippen MR) is 66.9 cm³/mol. The normalized spacial score (nSPS) is 25.6. The summed E-state index contributed by atoms with van der Waals surface area (Å²) < 4.78 is 0. The molecule has 2 N–H and O–H groups in total. The van der Waals surface area contributed by atoms with Crippen LogP contribution in [-0.4, -0.2) is 34.7 Å².